The standard InChI is InChI=1S/C20H21N7O3/c28-20(26-6-8-29-9-7-26)27-12-15(14-2-1-3-21-10-14)16(13-27)19-24-18(25-30-19)17-11-22-4-5-23-17/h1-5,10-11,15-16H,6-9,12-13H2/t15-,16+/m0/s1. The molecule has 10 heteroatoms. The molecule has 30 heavy (non-hydrogen) atoms. The fourth-order valence-corrected chi connectivity index (χ4v) is 4.00. The van der Waals surface area contributed by atoms with Crippen LogP contribution in [0.15, 0.2) is 47.6 Å². The van der Waals surface area contributed by atoms with Gasteiger partial charge in [0.05, 0.1) is 25.3 Å². The van der Waals surface area contributed by atoms with Crippen molar-refractivity contribution in [2.75, 3.05) is 39.4 Å². The minimum atomic E-state index is -0.128. The van der Waals surface area contributed by atoms with Crippen LogP contribution in [0.4, 0.5) is 4.79 Å². The molecule has 5 heterocycles. The van der Waals surface area contributed by atoms with Crippen LogP contribution in [0.1, 0.15) is 23.3 Å². The van der Waals surface area contributed by atoms with Crippen LogP contribution in [0, 0.1) is 0 Å². The molecule has 0 spiro atoms. The molecule has 2 aliphatic heterocycles. The van der Waals surface area contributed by atoms with Gasteiger partial charge in [-0.1, -0.05) is 11.2 Å². The lowest BCUT2D eigenvalue weighted by Crippen LogP contribution is -2.47. The molecule has 3 aromatic rings. The quantitative estimate of drug-likeness (QED) is 0.643. The Balaban J connectivity index is 1.42. The van der Waals surface area contributed by atoms with E-state index in [1.54, 1.807) is 24.8 Å². The van der Waals surface area contributed by atoms with Crippen LogP contribution in [0.3, 0.4) is 0 Å². The fourth-order valence-electron chi connectivity index (χ4n) is 4.00. The number of aromatic nitrogens is 5. The zero-order valence-electron chi connectivity index (χ0n) is 16.3. The van der Waals surface area contributed by atoms with Gasteiger partial charge >= 0.3 is 6.03 Å². The van der Waals surface area contributed by atoms with Crippen molar-refractivity contribution in [2.45, 2.75) is 11.8 Å². The van der Waals surface area contributed by atoms with Crippen LogP contribution in [-0.2, 0) is 4.74 Å². The molecule has 0 N–H and O–H groups in total. The summed E-state index contributed by atoms with van der Waals surface area (Å²) in [6.07, 6.45) is 8.34. The molecule has 0 unspecified atom stereocenters. The third-order valence-electron chi connectivity index (χ3n) is 5.54. The van der Waals surface area contributed by atoms with Crippen molar-refractivity contribution in [2.24, 2.45) is 0 Å². The van der Waals surface area contributed by atoms with Gasteiger partial charge in [0, 0.05) is 56.9 Å². The first-order valence-corrected chi connectivity index (χ1v) is 9.91. The molecule has 0 radical (unpaired) electrons. The van der Waals surface area contributed by atoms with Gasteiger partial charge in [-0.25, -0.2) is 9.78 Å². The second kappa shape index (κ2) is 8.15. The zero-order valence-corrected chi connectivity index (χ0v) is 16.3. The topological polar surface area (TPSA) is 110 Å². The van der Waals surface area contributed by atoms with E-state index in [-0.39, 0.29) is 17.9 Å². The van der Waals surface area contributed by atoms with E-state index in [0.717, 1.165) is 5.56 Å². The highest BCUT2D eigenvalue weighted by Crippen LogP contribution is 2.39. The highest BCUT2D eigenvalue weighted by atomic mass is 16.5. The number of hydrogen-bond donors (Lipinski definition) is 0. The first kappa shape index (κ1) is 18.6. The molecule has 2 amide bonds. The zero-order chi connectivity index (χ0) is 20.3. The molecular weight excluding hydrogens is 386 g/mol. The van der Waals surface area contributed by atoms with Crippen LogP contribution < -0.4 is 0 Å². The predicted molar refractivity (Wildman–Crippen MR) is 104 cm³/mol. The van der Waals surface area contributed by atoms with Gasteiger partial charge in [-0.15, -0.1) is 0 Å². The number of morpholine rings is 1. The summed E-state index contributed by atoms with van der Waals surface area (Å²) < 4.78 is 11.0. The van der Waals surface area contributed by atoms with Crippen molar-refractivity contribution in [3.63, 3.8) is 0 Å². The highest BCUT2D eigenvalue weighted by Gasteiger charge is 2.41. The van der Waals surface area contributed by atoms with Gasteiger partial charge in [0.15, 0.2) is 0 Å². The monoisotopic (exact) mass is 407 g/mol. The molecule has 154 valence electrons. The van der Waals surface area contributed by atoms with E-state index in [1.807, 2.05) is 28.1 Å². The first-order valence-electron chi connectivity index (χ1n) is 9.91. The van der Waals surface area contributed by atoms with Crippen LogP contribution in [0.2, 0.25) is 0 Å². The minimum Gasteiger partial charge on any atom is -0.378 e. The Morgan fingerprint density at radius 2 is 1.83 bits per heavy atom. The Morgan fingerprint density at radius 1 is 1.00 bits per heavy atom. The first-order chi connectivity index (χ1) is 14.8. The van der Waals surface area contributed by atoms with Crippen LogP contribution in [-0.4, -0.2) is 80.3 Å². The van der Waals surface area contributed by atoms with E-state index in [9.17, 15) is 4.79 Å². The van der Waals surface area contributed by atoms with E-state index >= 15 is 0 Å². The van der Waals surface area contributed by atoms with Gasteiger partial charge in [0.25, 0.3) is 0 Å². The Morgan fingerprint density at radius 3 is 2.60 bits per heavy atom. The summed E-state index contributed by atoms with van der Waals surface area (Å²) in [4.78, 5) is 33.9. The number of likely N-dealkylation sites (tertiary alicyclic amines) is 1. The largest absolute Gasteiger partial charge is 0.378 e. The molecule has 10 nitrogen and oxygen atoms in total. The average Bonchev–Trinajstić information content (AvgIpc) is 3.48. The summed E-state index contributed by atoms with van der Waals surface area (Å²) in [7, 11) is 0. The summed E-state index contributed by atoms with van der Waals surface area (Å²) in [5.41, 5.74) is 1.59. The molecule has 0 saturated carbocycles. The number of nitrogens with zero attached hydrogens (tertiary/aromatic N) is 7. The maximum absolute atomic E-state index is 13.1. The lowest BCUT2D eigenvalue weighted by molar-refractivity contribution is 0.0449. The molecule has 2 atom stereocenters. The SMILES string of the molecule is O=C(N1CCOCC1)N1C[C@@H](c2cccnc2)[C@H](c2nc(-c3cnccn3)no2)C1. The highest BCUT2D eigenvalue weighted by molar-refractivity contribution is 5.75. The lowest BCUT2D eigenvalue weighted by atomic mass is 9.90. The average molecular weight is 407 g/mol. The maximum atomic E-state index is 13.1. The summed E-state index contributed by atoms with van der Waals surface area (Å²) >= 11 is 0. The second-order valence-corrected chi connectivity index (χ2v) is 7.33. The molecule has 2 fully saturated rings. The number of amides is 2. The number of urea groups is 1. The van der Waals surface area contributed by atoms with Gasteiger partial charge in [-0.2, -0.15) is 4.98 Å². The molecule has 3 aromatic heterocycles. The predicted octanol–water partition coefficient (Wildman–Crippen LogP) is 1.56. The molecule has 0 aliphatic carbocycles. The van der Waals surface area contributed by atoms with Crippen LogP contribution in [0.25, 0.3) is 11.5 Å². The molecule has 5 rings (SSSR count). The van der Waals surface area contributed by atoms with Crippen LogP contribution >= 0.6 is 0 Å². The Labute approximate surface area is 172 Å². The molecule has 2 saturated heterocycles. The third kappa shape index (κ3) is 3.61. The number of carbonyl (C=O) groups is 1. The van der Waals surface area contributed by atoms with E-state index < -0.39 is 0 Å². The van der Waals surface area contributed by atoms with Gasteiger partial charge < -0.3 is 19.1 Å². The number of hydrogen-bond acceptors (Lipinski definition) is 8. The third-order valence-corrected chi connectivity index (χ3v) is 5.54. The van der Waals surface area contributed by atoms with E-state index in [4.69, 9.17) is 9.26 Å². The molecular formula is C20H21N7O3. The van der Waals surface area contributed by atoms with Crippen molar-refractivity contribution in [3.8, 4) is 11.5 Å². The number of pyridine rings is 1. The van der Waals surface area contributed by atoms with E-state index in [2.05, 4.69) is 25.1 Å². The number of carbonyl (C=O) groups excluding carboxylic acids is 1. The van der Waals surface area contributed by atoms with Crippen molar-refractivity contribution in [1.82, 2.24) is 34.9 Å². The van der Waals surface area contributed by atoms with Gasteiger partial charge in [-0.3, -0.25) is 9.97 Å². The normalized spacial score (nSPS) is 21.7. The van der Waals surface area contributed by atoms with Crippen molar-refractivity contribution < 1.29 is 14.1 Å². The number of rotatable bonds is 3. The van der Waals surface area contributed by atoms with Crippen molar-refractivity contribution in [3.05, 3.63) is 54.6 Å². The Kier molecular flexibility index (Phi) is 5.06. The molecule has 0 aromatic carbocycles. The lowest BCUT2D eigenvalue weighted by Gasteiger charge is -2.31. The summed E-state index contributed by atoms with van der Waals surface area (Å²) in [6, 6.07) is 3.94. The van der Waals surface area contributed by atoms with Gasteiger partial charge in [0.2, 0.25) is 11.7 Å². The minimum absolute atomic E-state index is 0.0128. The van der Waals surface area contributed by atoms with E-state index in [0.29, 0.717) is 56.8 Å². The smallest absolute Gasteiger partial charge is 0.320 e. The molecule has 2 aliphatic rings. The fraction of sp³-hybridized carbons (Fsp3) is 0.400. The second-order valence-electron chi connectivity index (χ2n) is 7.33. The summed E-state index contributed by atoms with van der Waals surface area (Å²) in [6.45, 7) is 3.41. The summed E-state index contributed by atoms with van der Waals surface area (Å²) in [5.74, 6) is 0.763. The Bertz CT molecular complexity index is 992. The maximum Gasteiger partial charge on any atom is 0.320 e. The van der Waals surface area contributed by atoms with Gasteiger partial charge in [0.1, 0.15) is 5.69 Å². The van der Waals surface area contributed by atoms with Gasteiger partial charge in [-0.05, 0) is 11.6 Å². The number of ether oxygens (including phenoxy) is 1. The Hall–Kier alpha value is -3.40. The van der Waals surface area contributed by atoms with Crippen molar-refractivity contribution >= 4 is 6.03 Å². The summed E-state index contributed by atoms with van der Waals surface area (Å²) in [5, 5.41) is 4.08. The van der Waals surface area contributed by atoms with E-state index in [1.165, 1.54) is 0 Å². The van der Waals surface area contributed by atoms with Crippen LogP contribution in [0.5, 0.6) is 0 Å². The van der Waals surface area contributed by atoms with Crippen molar-refractivity contribution in [1.29, 1.82) is 0 Å². The molecule has 0 bridgehead atoms.